The SMILES string of the molecule is CN(CCO)C(=O)C1CCN(c2nc(-c3ccc4c(c3)C(C)(C)CCC4(C)C)cs2)CC1. The monoisotopic (exact) mass is 455 g/mol. The molecule has 0 spiro atoms. The zero-order chi connectivity index (χ0) is 23.1. The summed E-state index contributed by atoms with van der Waals surface area (Å²) < 4.78 is 0. The molecule has 5 nitrogen and oxygen atoms in total. The van der Waals surface area contributed by atoms with Crippen LogP contribution in [0.25, 0.3) is 11.3 Å². The molecule has 2 heterocycles. The van der Waals surface area contributed by atoms with Crippen molar-refractivity contribution in [3.8, 4) is 11.3 Å². The van der Waals surface area contributed by atoms with E-state index < -0.39 is 0 Å². The lowest BCUT2D eigenvalue weighted by molar-refractivity contribution is -0.135. The maximum atomic E-state index is 12.5. The summed E-state index contributed by atoms with van der Waals surface area (Å²) in [5.74, 6) is 0.201. The number of aromatic nitrogens is 1. The molecule has 0 radical (unpaired) electrons. The summed E-state index contributed by atoms with van der Waals surface area (Å²) in [7, 11) is 1.78. The van der Waals surface area contributed by atoms with E-state index in [1.165, 1.54) is 29.5 Å². The van der Waals surface area contributed by atoms with E-state index in [-0.39, 0.29) is 29.3 Å². The van der Waals surface area contributed by atoms with E-state index in [1.807, 2.05) is 0 Å². The third kappa shape index (κ3) is 4.44. The largest absolute Gasteiger partial charge is 0.395 e. The van der Waals surface area contributed by atoms with E-state index in [2.05, 4.69) is 56.2 Å². The van der Waals surface area contributed by atoms with Gasteiger partial charge in [-0.25, -0.2) is 4.98 Å². The van der Waals surface area contributed by atoms with Gasteiger partial charge in [0.15, 0.2) is 5.13 Å². The molecular formula is C26H37N3O2S. The van der Waals surface area contributed by atoms with Gasteiger partial charge in [-0.2, -0.15) is 0 Å². The van der Waals surface area contributed by atoms with Crippen molar-refractivity contribution >= 4 is 22.4 Å². The predicted octanol–water partition coefficient (Wildman–Crippen LogP) is 4.83. The summed E-state index contributed by atoms with van der Waals surface area (Å²) in [5, 5.41) is 12.3. The van der Waals surface area contributed by atoms with Gasteiger partial charge in [-0.05, 0) is 53.7 Å². The number of likely N-dealkylation sites (N-methyl/N-ethyl adjacent to an activating group) is 1. The highest BCUT2D eigenvalue weighted by Crippen LogP contribution is 2.47. The van der Waals surface area contributed by atoms with Crippen LogP contribution in [-0.2, 0) is 15.6 Å². The lowest BCUT2D eigenvalue weighted by atomic mass is 9.63. The van der Waals surface area contributed by atoms with Gasteiger partial charge in [-0.3, -0.25) is 4.79 Å². The van der Waals surface area contributed by atoms with E-state index in [9.17, 15) is 4.79 Å². The summed E-state index contributed by atoms with van der Waals surface area (Å²) in [6, 6.07) is 6.93. The number of aliphatic hydroxyl groups excluding tert-OH is 1. The summed E-state index contributed by atoms with van der Waals surface area (Å²) in [4.78, 5) is 21.5. The summed E-state index contributed by atoms with van der Waals surface area (Å²) in [6.45, 7) is 11.6. The van der Waals surface area contributed by atoms with Crippen molar-refractivity contribution in [3.63, 3.8) is 0 Å². The van der Waals surface area contributed by atoms with Crippen LogP contribution in [-0.4, -0.2) is 54.2 Å². The van der Waals surface area contributed by atoms with Crippen LogP contribution >= 0.6 is 11.3 Å². The van der Waals surface area contributed by atoms with Crippen LogP contribution in [0.2, 0.25) is 0 Å². The molecule has 1 aliphatic heterocycles. The average molecular weight is 456 g/mol. The quantitative estimate of drug-likeness (QED) is 0.702. The molecule has 1 aromatic heterocycles. The first kappa shape index (κ1) is 23.2. The summed E-state index contributed by atoms with van der Waals surface area (Å²) in [6.07, 6.45) is 4.11. The first-order valence-corrected chi connectivity index (χ1v) is 12.7. The number of thiazole rings is 1. The lowest BCUT2D eigenvalue weighted by Gasteiger charge is -2.42. The molecule has 32 heavy (non-hydrogen) atoms. The Hall–Kier alpha value is -1.92. The number of nitrogens with zero attached hydrogens (tertiary/aromatic N) is 3. The molecule has 0 unspecified atom stereocenters. The van der Waals surface area contributed by atoms with Crippen LogP contribution in [0.1, 0.15) is 64.5 Å². The van der Waals surface area contributed by atoms with Gasteiger partial charge in [0.25, 0.3) is 0 Å². The zero-order valence-electron chi connectivity index (χ0n) is 20.1. The number of piperidine rings is 1. The van der Waals surface area contributed by atoms with Gasteiger partial charge in [0.05, 0.1) is 12.3 Å². The number of carbonyl (C=O) groups excluding carboxylic acids is 1. The molecule has 2 aromatic rings. The minimum absolute atomic E-state index is 0.0142. The first-order valence-electron chi connectivity index (χ1n) is 11.8. The Bertz CT molecular complexity index is 973. The Morgan fingerprint density at radius 3 is 2.47 bits per heavy atom. The Balaban J connectivity index is 1.48. The van der Waals surface area contributed by atoms with Crippen LogP contribution in [0.4, 0.5) is 5.13 Å². The predicted molar refractivity (Wildman–Crippen MR) is 132 cm³/mol. The maximum Gasteiger partial charge on any atom is 0.225 e. The minimum atomic E-state index is 0.0142. The van der Waals surface area contributed by atoms with Crippen molar-refractivity contribution in [2.75, 3.05) is 38.2 Å². The van der Waals surface area contributed by atoms with Gasteiger partial charge in [0.2, 0.25) is 5.91 Å². The van der Waals surface area contributed by atoms with Crippen LogP contribution in [0, 0.1) is 5.92 Å². The van der Waals surface area contributed by atoms with Gasteiger partial charge in [0.1, 0.15) is 0 Å². The third-order valence-corrected chi connectivity index (χ3v) is 8.47. The molecule has 6 heteroatoms. The van der Waals surface area contributed by atoms with Crippen molar-refractivity contribution in [1.29, 1.82) is 0 Å². The minimum Gasteiger partial charge on any atom is -0.395 e. The topological polar surface area (TPSA) is 56.7 Å². The molecule has 2 aliphatic rings. The number of rotatable bonds is 5. The number of hydrogen-bond acceptors (Lipinski definition) is 5. The number of benzene rings is 1. The van der Waals surface area contributed by atoms with Gasteiger partial charge in [-0.1, -0.05) is 39.8 Å². The number of anilines is 1. The van der Waals surface area contributed by atoms with E-state index in [1.54, 1.807) is 23.3 Å². The highest BCUT2D eigenvalue weighted by molar-refractivity contribution is 7.14. The molecule has 1 fully saturated rings. The Morgan fingerprint density at radius 1 is 1.16 bits per heavy atom. The average Bonchev–Trinajstić information content (AvgIpc) is 3.27. The third-order valence-electron chi connectivity index (χ3n) is 7.57. The Labute approximate surface area is 196 Å². The van der Waals surface area contributed by atoms with Crippen LogP contribution in [0.3, 0.4) is 0 Å². The fraction of sp³-hybridized carbons (Fsp3) is 0.615. The normalized spacial score (nSPS) is 20.1. The van der Waals surface area contributed by atoms with Crippen LogP contribution < -0.4 is 4.90 Å². The molecule has 1 saturated heterocycles. The number of amides is 1. The smallest absolute Gasteiger partial charge is 0.225 e. The van der Waals surface area contributed by atoms with E-state index in [4.69, 9.17) is 10.1 Å². The van der Waals surface area contributed by atoms with Gasteiger partial charge >= 0.3 is 0 Å². The standard InChI is InChI=1S/C26H37N3O2S/c1-25(2)10-11-26(3,4)21-16-19(6-7-20(21)25)22-17-32-24(27-22)29-12-8-18(9-13-29)23(31)28(5)14-15-30/h6-7,16-18,30H,8-15H2,1-5H3. The Morgan fingerprint density at radius 2 is 1.81 bits per heavy atom. The van der Waals surface area contributed by atoms with Crippen molar-refractivity contribution in [2.45, 2.75) is 64.2 Å². The summed E-state index contributed by atoms with van der Waals surface area (Å²) >= 11 is 1.70. The Kier molecular flexibility index (Phi) is 6.38. The molecule has 174 valence electrons. The van der Waals surface area contributed by atoms with Gasteiger partial charge < -0.3 is 14.9 Å². The molecule has 1 N–H and O–H groups in total. The van der Waals surface area contributed by atoms with E-state index >= 15 is 0 Å². The van der Waals surface area contributed by atoms with Crippen LogP contribution in [0.5, 0.6) is 0 Å². The number of fused-ring (bicyclic) bond motifs is 1. The number of aliphatic hydroxyl groups is 1. The van der Waals surface area contributed by atoms with Crippen molar-refractivity contribution in [3.05, 3.63) is 34.7 Å². The zero-order valence-corrected chi connectivity index (χ0v) is 21.0. The van der Waals surface area contributed by atoms with E-state index in [0.29, 0.717) is 6.54 Å². The highest BCUT2D eigenvalue weighted by atomic mass is 32.1. The fourth-order valence-corrected chi connectivity index (χ4v) is 6.07. The second-order valence-electron chi connectivity index (χ2n) is 10.8. The molecule has 0 saturated carbocycles. The van der Waals surface area contributed by atoms with Crippen molar-refractivity contribution in [1.82, 2.24) is 9.88 Å². The maximum absolute atomic E-state index is 12.5. The molecule has 4 rings (SSSR count). The van der Waals surface area contributed by atoms with Crippen molar-refractivity contribution in [2.24, 2.45) is 5.92 Å². The number of hydrogen-bond donors (Lipinski definition) is 1. The van der Waals surface area contributed by atoms with Gasteiger partial charge in [0, 0.05) is 43.5 Å². The molecule has 1 amide bonds. The summed E-state index contributed by atoms with van der Waals surface area (Å²) in [5.41, 5.74) is 5.61. The van der Waals surface area contributed by atoms with Crippen molar-refractivity contribution < 1.29 is 9.90 Å². The van der Waals surface area contributed by atoms with Gasteiger partial charge in [-0.15, -0.1) is 11.3 Å². The highest BCUT2D eigenvalue weighted by Gasteiger charge is 2.37. The lowest BCUT2D eigenvalue weighted by Crippen LogP contribution is -2.42. The van der Waals surface area contributed by atoms with Crippen LogP contribution in [0.15, 0.2) is 23.6 Å². The second-order valence-corrected chi connectivity index (χ2v) is 11.6. The molecule has 0 atom stereocenters. The second kappa shape index (κ2) is 8.79. The molecule has 1 aromatic carbocycles. The fourth-order valence-electron chi connectivity index (χ4n) is 5.18. The van der Waals surface area contributed by atoms with E-state index in [0.717, 1.165) is 36.8 Å². The molecule has 1 aliphatic carbocycles. The molecule has 0 bridgehead atoms. The first-order chi connectivity index (χ1) is 15.1. The molecular weight excluding hydrogens is 418 g/mol. The number of carbonyl (C=O) groups is 1.